The molecule has 0 saturated carbocycles. The summed E-state index contributed by atoms with van der Waals surface area (Å²) in [5.74, 6) is -0.394. The Morgan fingerprint density at radius 2 is 2.15 bits per heavy atom. The number of nitrogens with zero attached hydrogens (tertiary/aromatic N) is 2. The SMILES string of the molecule is COc1cc(CNCc2ccc(C(=O)O)cn2)ccn1. The summed E-state index contributed by atoms with van der Waals surface area (Å²) in [5.41, 5.74) is 2.03. The van der Waals surface area contributed by atoms with E-state index in [2.05, 4.69) is 15.3 Å². The first-order valence-corrected chi connectivity index (χ1v) is 6.07. The van der Waals surface area contributed by atoms with Gasteiger partial charge in [-0.2, -0.15) is 0 Å². The summed E-state index contributed by atoms with van der Waals surface area (Å²) < 4.78 is 5.05. The van der Waals surface area contributed by atoms with Crippen LogP contribution in [0.15, 0.2) is 36.7 Å². The van der Waals surface area contributed by atoms with Gasteiger partial charge in [0.05, 0.1) is 18.4 Å². The summed E-state index contributed by atoms with van der Waals surface area (Å²) in [7, 11) is 1.58. The van der Waals surface area contributed by atoms with Crippen LogP contribution in [0.4, 0.5) is 0 Å². The Bertz CT molecular complexity index is 584. The predicted octanol–water partition coefficient (Wildman–Crippen LogP) is 1.47. The molecule has 0 bridgehead atoms. The Morgan fingerprint density at radius 1 is 1.30 bits per heavy atom. The number of carboxylic acid groups (broad SMARTS) is 1. The number of aromatic carboxylic acids is 1. The summed E-state index contributed by atoms with van der Waals surface area (Å²) in [6, 6.07) is 7.00. The second-order valence-electron chi connectivity index (χ2n) is 4.15. The van der Waals surface area contributed by atoms with Crippen molar-refractivity contribution in [3.8, 4) is 5.88 Å². The number of hydrogen-bond donors (Lipinski definition) is 2. The van der Waals surface area contributed by atoms with Crippen LogP contribution in [0, 0.1) is 0 Å². The number of carbonyl (C=O) groups is 1. The molecule has 0 aliphatic rings. The molecule has 20 heavy (non-hydrogen) atoms. The van der Waals surface area contributed by atoms with E-state index in [0.717, 1.165) is 11.3 Å². The minimum Gasteiger partial charge on any atom is -0.481 e. The fourth-order valence-electron chi connectivity index (χ4n) is 1.66. The fourth-order valence-corrected chi connectivity index (χ4v) is 1.66. The normalized spacial score (nSPS) is 10.2. The van der Waals surface area contributed by atoms with Gasteiger partial charge in [-0.25, -0.2) is 9.78 Å². The third-order valence-electron chi connectivity index (χ3n) is 2.72. The standard InChI is InChI=1S/C14H15N3O3/c1-20-13-6-10(4-5-16-13)7-15-9-12-3-2-11(8-17-12)14(18)19/h2-6,8,15H,7,9H2,1H3,(H,18,19). The molecule has 0 unspecified atom stereocenters. The van der Waals surface area contributed by atoms with E-state index < -0.39 is 5.97 Å². The molecular weight excluding hydrogens is 258 g/mol. The summed E-state index contributed by atoms with van der Waals surface area (Å²) in [4.78, 5) is 18.8. The lowest BCUT2D eigenvalue weighted by Gasteiger charge is -2.06. The lowest BCUT2D eigenvalue weighted by molar-refractivity contribution is 0.0696. The van der Waals surface area contributed by atoms with Gasteiger partial charge in [0, 0.05) is 31.5 Å². The topological polar surface area (TPSA) is 84.3 Å². The highest BCUT2D eigenvalue weighted by molar-refractivity contribution is 5.87. The predicted molar refractivity (Wildman–Crippen MR) is 72.5 cm³/mol. The molecule has 0 radical (unpaired) electrons. The van der Waals surface area contributed by atoms with Crippen molar-refractivity contribution in [1.82, 2.24) is 15.3 Å². The van der Waals surface area contributed by atoms with Gasteiger partial charge in [-0.15, -0.1) is 0 Å². The number of ether oxygens (including phenoxy) is 1. The zero-order valence-electron chi connectivity index (χ0n) is 11.0. The van der Waals surface area contributed by atoms with E-state index in [9.17, 15) is 4.79 Å². The number of rotatable bonds is 6. The monoisotopic (exact) mass is 273 g/mol. The van der Waals surface area contributed by atoms with E-state index in [1.54, 1.807) is 25.4 Å². The molecule has 0 saturated heterocycles. The zero-order chi connectivity index (χ0) is 14.4. The number of aromatic nitrogens is 2. The van der Waals surface area contributed by atoms with Gasteiger partial charge < -0.3 is 15.2 Å². The van der Waals surface area contributed by atoms with Crippen LogP contribution in [0.5, 0.6) is 5.88 Å². The Balaban J connectivity index is 1.87. The molecule has 2 aromatic heterocycles. The van der Waals surface area contributed by atoms with Crippen molar-refractivity contribution in [2.24, 2.45) is 0 Å². The number of carboxylic acids is 1. The van der Waals surface area contributed by atoms with Crippen molar-refractivity contribution < 1.29 is 14.6 Å². The fraction of sp³-hybridized carbons (Fsp3) is 0.214. The summed E-state index contributed by atoms with van der Waals surface area (Å²) >= 11 is 0. The molecule has 2 N–H and O–H groups in total. The molecular formula is C14H15N3O3. The van der Waals surface area contributed by atoms with Crippen molar-refractivity contribution in [2.45, 2.75) is 13.1 Å². The average Bonchev–Trinajstić information content (AvgIpc) is 2.48. The average molecular weight is 273 g/mol. The molecule has 2 heterocycles. The van der Waals surface area contributed by atoms with Crippen molar-refractivity contribution in [2.75, 3.05) is 7.11 Å². The lowest BCUT2D eigenvalue weighted by atomic mass is 10.2. The second-order valence-corrected chi connectivity index (χ2v) is 4.15. The Kier molecular flexibility index (Phi) is 4.62. The third-order valence-corrected chi connectivity index (χ3v) is 2.72. The van der Waals surface area contributed by atoms with Crippen LogP contribution < -0.4 is 10.1 Å². The van der Waals surface area contributed by atoms with Gasteiger partial charge in [0.2, 0.25) is 5.88 Å². The largest absolute Gasteiger partial charge is 0.481 e. The van der Waals surface area contributed by atoms with Crippen LogP contribution >= 0.6 is 0 Å². The van der Waals surface area contributed by atoms with Crippen LogP contribution in [0.25, 0.3) is 0 Å². The van der Waals surface area contributed by atoms with Gasteiger partial charge >= 0.3 is 5.97 Å². The molecule has 2 rings (SSSR count). The van der Waals surface area contributed by atoms with Gasteiger partial charge in [0.15, 0.2) is 0 Å². The first-order chi connectivity index (χ1) is 9.69. The molecule has 0 atom stereocenters. The van der Waals surface area contributed by atoms with E-state index >= 15 is 0 Å². The third kappa shape index (κ3) is 3.76. The van der Waals surface area contributed by atoms with Crippen LogP contribution in [-0.4, -0.2) is 28.2 Å². The number of nitrogens with one attached hydrogen (secondary N) is 1. The molecule has 6 nitrogen and oxygen atoms in total. The van der Waals surface area contributed by atoms with Gasteiger partial charge in [-0.1, -0.05) is 0 Å². The van der Waals surface area contributed by atoms with Crippen molar-refractivity contribution in [3.05, 3.63) is 53.5 Å². The maximum Gasteiger partial charge on any atom is 0.337 e. The van der Waals surface area contributed by atoms with Crippen molar-refractivity contribution >= 4 is 5.97 Å². The molecule has 104 valence electrons. The molecule has 0 amide bonds. The zero-order valence-corrected chi connectivity index (χ0v) is 11.0. The van der Waals surface area contributed by atoms with E-state index in [-0.39, 0.29) is 5.56 Å². The van der Waals surface area contributed by atoms with Gasteiger partial charge in [-0.05, 0) is 23.8 Å². The van der Waals surface area contributed by atoms with Crippen LogP contribution in [-0.2, 0) is 13.1 Å². The minimum absolute atomic E-state index is 0.188. The van der Waals surface area contributed by atoms with Gasteiger partial charge in [0.1, 0.15) is 0 Å². The molecule has 0 aliphatic heterocycles. The quantitative estimate of drug-likeness (QED) is 0.829. The minimum atomic E-state index is -0.971. The van der Waals surface area contributed by atoms with E-state index in [4.69, 9.17) is 9.84 Å². The molecule has 0 aromatic carbocycles. The van der Waals surface area contributed by atoms with Crippen LogP contribution in [0.1, 0.15) is 21.6 Å². The number of hydrogen-bond acceptors (Lipinski definition) is 5. The first-order valence-electron chi connectivity index (χ1n) is 6.07. The molecule has 2 aromatic rings. The van der Waals surface area contributed by atoms with E-state index in [1.807, 2.05) is 12.1 Å². The smallest absolute Gasteiger partial charge is 0.337 e. The first kappa shape index (κ1) is 14.0. The highest BCUT2D eigenvalue weighted by atomic mass is 16.5. The Hall–Kier alpha value is -2.47. The van der Waals surface area contributed by atoms with E-state index in [0.29, 0.717) is 19.0 Å². The maximum absolute atomic E-state index is 10.7. The van der Waals surface area contributed by atoms with Gasteiger partial charge in [0.25, 0.3) is 0 Å². The Labute approximate surface area is 116 Å². The summed E-state index contributed by atoms with van der Waals surface area (Å²) in [6.45, 7) is 1.21. The highest BCUT2D eigenvalue weighted by Crippen LogP contribution is 2.08. The summed E-state index contributed by atoms with van der Waals surface area (Å²) in [6.07, 6.45) is 3.05. The number of methoxy groups -OCH3 is 1. The Morgan fingerprint density at radius 3 is 2.80 bits per heavy atom. The van der Waals surface area contributed by atoms with Crippen LogP contribution in [0.3, 0.4) is 0 Å². The van der Waals surface area contributed by atoms with Crippen LogP contribution in [0.2, 0.25) is 0 Å². The number of pyridine rings is 2. The highest BCUT2D eigenvalue weighted by Gasteiger charge is 2.03. The van der Waals surface area contributed by atoms with Crippen molar-refractivity contribution in [1.29, 1.82) is 0 Å². The molecule has 0 spiro atoms. The van der Waals surface area contributed by atoms with Crippen molar-refractivity contribution in [3.63, 3.8) is 0 Å². The molecule has 0 aliphatic carbocycles. The summed E-state index contributed by atoms with van der Waals surface area (Å²) in [5, 5.41) is 12.0. The van der Waals surface area contributed by atoms with E-state index in [1.165, 1.54) is 6.20 Å². The lowest BCUT2D eigenvalue weighted by Crippen LogP contribution is -2.14. The molecule has 6 heteroatoms. The van der Waals surface area contributed by atoms with Gasteiger partial charge in [-0.3, -0.25) is 4.98 Å². The maximum atomic E-state index is 10.7. The second kappa shape index (κ2) is 6.63. The molecule has 0 fully saturated rings.